The molecule has 1 aliphatic rings. The number of hydrogen-bond acceptors (Lipinski definition) is 6. The largest absolute Gasteiger partial charge is 0.466 e. The Bertz CT molecular complexity index is 671. The molecule has 17 heavy (non-hydrogen) atoms. The lowest BCUT2D eigenvalue weighted by molar-refractivity contribution is 0.376. The fraction of sp³-hybridized carbons (Fsp3) is 0.125. The molecule has 2 rings (SSSR count). The van der Waals surface area contributed by atoms with E-state index in [0.717, 1.165) is 5.56 Å². The van der Waals surface area contributed by atoms with Crippen molar-refractivity contribution in [3.8, 4) is 0 Å². The minimum Gasteiger partial charge on any atom is -0.339 e. The van der Waals surface area contributed by atoms with Crippen molar-refractivity contribution in [3.05, 3.63) is 35.4 Å². The summed E-state index contributed by atoms with van der Waals surface area (Å²) in [5.74, 6) is -0.531. The molecule has 1 heterocycles. The van der Waals surface area contributed by atoms with Gasteiger partial charge in [0.2, 0.25) is 0 Å². The van der Waals surface area contributed by atoms with Gasteiger partial charge in [-0.05, 0) is 19.1 Å². The first-order valence-electron chi connectivity index (χ1n) is 4.35. The molecular formula is C8H7NO6S2. The van der Waals surface area contributed by atoms with E-state index >= 15 is 0 Å². The molecule has 0 bridgehead atoms. The SMILES string of the molecule is Cc1ccc(C2=NS(=O)(=O)OS(=O)(=O)O2)cc1. The fourth-order valence-corrected chi connectivity index (χ4v) is 2.94. The van der Waals surface area contributed by atoms with Crippen molar-refractivity contribution in [2.24, 2.45) is 4.40 Å². The minimum absolute atomic E-state index is 0.228. The highest BCUT2D eigenvalue weighted by Gasteiger charge is 2.33. The van der Waals surface area contributed by atoms with Gasteiger partial charge in [-0.2, -0.15) is 16.8 Å². The van der Waals surface area contributed by atoms with Crippen molar-refractivity contribution in [2.45, 2.75) is 6.92 Å². The first kappa shape index (κ1) is 12.0. The average molecular weight is 277 g/mol. The Hall–Kier alpha value is -1.45. The molecule has 0 amide bonds. The Morgan fingerprint density at radius 3 is 2.18 bits per heavy atom. The van der Waals surface area contributed by atoms with Gasteiger partial charge in [-0.1, -0.05) is 25.7 Å². The van der Waals surface area contributed by atoms with Crippen LogP contribution in [-0.2, 0) is 28.5 Å². The molecule has 0 aromatic heterocycles. The van der Waals surface area contributed by atoms with E-state index < -0.39 is 26.6 Å². The molecule has 0 unspecified atom stereocenters. The Balaban J connectivity index is 2.53. The van der Waals surface area contributed by atoms with E-state index in [9.17, 15) is 16.8 Å². The zero-order chi connectivity index (χ0) is 12.7. The van der Waals surface area contributed by atoms with Gasteiger partial charge in [0.15, 0.2) is 0 Å². The summed E-state index contributed by atoms with van der Waals surface area (Å²) >= 11 is 0. The van der Waals surface area contributed by atoms with Crippen LogP contribution in [0.3, 0.4) is 0 Å². The first-order valence-corrected chi connectivity index (χ1v) is 7.05. The van der Waals surface area contributed by atoms with Gasteiger partial charge in [0, 0.05) is 5.56 Å². The maximum atomic E-state index is 11.0. The number of rotatable bonds is 1. The van der Waals surface area contributed by atoms with Crippen molar-refractivity contribution in [1.29, 1.82) is 0 Å². The lowest BCUT2D eigenvalue weighted by atomic mass is 10.1. The lowest BCUT2D eigenvalue weighted by Crippen LogP contribution is -2.25. The van der Waals surface area contributed by atoms with Crippen LogP contribution in [0.15, 0.2) is 28.7 Å². The molecule has 9 heteroatoms. The number of aryl methyl sites for hydroxylation is 1. The predicted octanol–water partition coefficient (Wildman–Crippen LogP) is 0.278. The van der Waals surface area contributed by atoms with E-state index in [1.807, 2.05) is 6.92 Å². The molecule has 0 spiro atoms. The Morgan fingerprint density at radius 2 is 1.65 bits per heavy atom. The monoisotopic (exact) mass is 277 g/mol. The van der Waals surface area contributed by atoms with E-state index in [-0.39, 0.29) is 5.56 Å². The first-order chi connectivity index (χ1) is 7.77. The van der Waals surface area contributed by atoms with Crippen LogP contribution in [0, 0.1) is 6.92 Å². The molecule has 1 aliphatic heterocycles. The van der Waals surface area contributed by atoms with Gasteiger partial charge in [0.1, 0.15) is 0 Å². The maximum absolute atomic E-state index is 11.0. The fourth-order valence-electron chi connectivity index (χ4n) is 1.14. The molecule has 7 nitrogen and oxygen atoms in total. The molecule has 92 valence electrons. The predicted molar refractivity (Wildman–Crippen MR) is 57.7 cm³/mol. The maximum Gasteiger partial charge on any atom is 0.466 e. The third kappa shape index (κ3) is 2.81. The van der Waals surface area contributed by atoms with Gasteiger partial charge in [0.25, 0.3) is 5.90 Å². The number of hydrogen-bond donors (Lipinski definition) is 0. The average Bonchev–Trinajstić information content (AvgIpc) is 2.13. The van der Waals surface area contributed by atoms with E-state index in [1.54, 1.807) is 12.1 Å². The second kappa shape index (κ2) is 3.79. The highest BCUT2D eigenvalue weighted by atomic mass is 32.3. The summed E-state index contributed by atoms with van der Waals surface area (Å²) in [6.07, 6.45) is 0. The third-order valence-electron chi connectivity index (χ3n) is 1.84. The second-order valence-electron chi connectivity index (χ2n) is 3.25. The van der Waals surface area contributed by atoms with Crippen LogP contribution in [0.5, 0.6) is 0 Å². The van der Waals surface area contributed by atoms with E-state index in [2.05, 4.69) is 12.2 Å². The second-order valence-corrected chi connectivity index (χ2v) is 5.82. The topological polar surface area (TPSA) is 99.1 Å². The Kier molecular flexibility index (Phi) is 2.68. The van der Waals surface area contributed by atoms with Crippen molar-refractivity contribution < 1.29 is 24.6 Å². The molecule has 0 aliphatic carbocycles. The zero-order valence-electron chi connectivity index (χ0n) is 8.52. The normalized spacial score (nSPS) is 21.4. The molecule has 0 saturated heterocycles. The van der Waals surface area contributed by atoms with Crippen LogP contribution in [0.25, 0.3) is 0 Å². The molecule has 0 radical (unpaired) electrons. The van der Waals surface area contributed by atoms with Gasteiger partial charge < -0.3 is 4.18 Å². The van der Waals surface area contributed by atoms with Gasteiger partial charge in [-0.15, -0.1) is 0 Å². The van der Waals surface area contributed by atoms with E-state index in [4.69, 9.17) is 0 Å². The van der Waals surface area contributed by atoms with Crippen LogP contribution in [0.2, 0.25) is 0 Å². The molecule has 1 aromatic carbocycles. The van der Waals surface area contributed by atoms with Crippen LogP contribution >= 0.6 is 0 Å². The highest BCUT2D eigenvalue weighted by Crippen LogP contribution is 2.17. The van der Waals surface area contributed by atoms with Gasteiger partial charge in [-0.3, -0.25) is 0 Å². The van der Waals surface area contributed by atoms with Crippen molar-refractivity contribution >= 4 is 26.6 Å². The van der Waals surface area contributed by atoms with E-state index in [0.29, 0.717) is 0 Å². The zero-order valence-corrected chi connectivity index (χ0v) is 10.2. The van der Waals surface area contributed by atoms with Crippen LogP contribution in [-0.4, -0.2) is 22.7 Å². The summed E-state index contributed by atoms with van der Waals surface area (Å²) in [4.78, 5) is 0. The quantitative estimate of drug-likeness (QED) is 0.731. The number of nitrogens with zero attached hydrogens (tertiary/aromatic N) is 1. The molecule has 0 atom stereocenters. The molecular weight excluding hydrogens is 270 g/mol. The van der Waals surface area contributed by atoms with Crippen LogP contribution < -0.4 is 0 Å². The van der Waals surface area contributed by atoms with Crippen molar-refractivity contribution in [1.82, 2.24) is 0 Å². The highest BCUT2D eigenvalue weighted by molar-refractivity contribution is 7.98. The number of benzene rings is 1. The molecule has 0 N–H and O–H groups in total. The van der Waals surface area contributed by atoms with Gasteiger partial charge in [-0.25, -0.2) is 0 Å². The van der Waals surface area contributed by atoms with Crippen LogP contribution in [0.1, 0.15) is 11.1 Å². The molecule has 0 saturated carbocycles. The minimum atomic E-state index is -4.62. The van der Waals surface area contributed by atoms with Crippen molar-refractivity contribution in [2.75, 3.05) is 0 Å². The van der Waals surface area contributed by atoms with Gasteiger partial charge in [0.05, 0.1) is 0 Å². The molecule has 1 aromatic rings. The smallest absolute Gasteiger partial charge is 0.339 e. The summed E-state index contributed by atoms with van der Waals surface area (Å²) in [7, 11) is -9.14. The van der Waals surface area contributed by atoms with Crippen LogP contribution in [0.4, 0.5) is 0 Å². The lowest BCUT2D eigenvalue weighted by Gasteiger charge is -2.12. The standard InChI is InChI=1S/C8H7NO6S2/c1-6-2-4-7(5-3-6)8-9-16(10,11)15-17(12,13)14-8/h2-5H,1H3. The molecule has 0 fully saturated rings. The summed E-state index contributed by atoms with van der Waals surface area (Å²) in [5.41, 5.74) is 1.15. The Morgan fingerprint density at radius 1 is 1.06 bits per heavy atom. The summed E-state index contributed by atoms with van der Waals surface area (Å²) in [6, 6.07) is 6.31. The summed E-state index contributed by atoms with van der Waals surface area (Å²) in [6.45, 7) is 1.82. The van der Waals surface area contributed by atoms with Crippen molar-refractivity contribution in [3.63, 3.8) is 0 Å². The summed E-state index contributed by atoms with van der Waals surface area (Å²) < 4.78 is 55.2. The third-order valence-corrected chi connectivity index (χ3v) is 3.95. The van der Waals surface area contributed by atoms with E-state index in [1.165, 1.54) is 12.1 Å². The Labute approximate surface area is 98.3 Å². The van der Waals surface area contributed by atoms with Gasteiger partial charge >= 0.3 is 20.7 Å². The summed E-state index contributed by atoms with van der Waals surface area (Å²) in [5, 5.41) is 0.